The van der Waals surface area contributed by atoms with Crippen LogP contribution in [0.3, 0.4) is 0 Å². The summed E-state index contributed by atoms with van der Waals surface area (Å²) in [5.74, 6) is -2.08. The lowest BCUT2D eigenvalue weighted by Gasteiger charge is -2.08. The van der Waals surface area contributed by atoms with Crippen LogP contribution in [0.1, 0.15) is 31.8 Å². The van der Waals surface area contributed by atoms with Crippen LogP contribution in [0.4, 0.5) is 0 Å². The number of phenols is 1. The summed E-state index contributed by atoms with van der Waals surface area (Å²) < 4.78 is 0. The average molecular weight is 272 g/mol. The van der Waals surface area contributed by atoms with E-state index in [1.807, 2.05) is 0 Å². The highest BCUT2D eigenvalue weighted by molar-refractivity contribution is 6.15. The van der Waals surface area contributed by atoms with Crippen molar-refractivity contribution >= 4 is 11.8 Å². The number of carboxylic acids is 1. The van der Waals surface area contributed by atoms with Gasteiger partial charge in [-0.05, 0) is 23.8 Å². The number of aromatic carboxylic acids is 1. The Morgan fingerprint density at radius 1 is 0.950 bits per heavy atom. The summed E-state index contributed by atoms with van der Waals surface area (Å²) in [5, 5.41) is 27.8. The van der Waals surface area contributed by atoms with Gasteiger partial charge in [-0.2, -0.15) is 0 Å². The predicted molar refractivity (Wildman–Crippen MR) is 70.9 cm³/mol. The molecule has 0 saturated carbocycles. The SMILES string of the molecule is O=C(O)c1ccccc1C(=O)c1ccc(CO)cc1O. The van der Waals surface area contributed by atoms with Gasteiger partial charge in [-0.25, -0.2) is 4.79 Å². The summed E-state index contributed by atoms with van der Waals surface area (Å²) in [7, 11) is 0. The molecule has 3 N–H and O–H groups in total. The van der Waals surface area contributed by atoms with E-state index < -0.39 is 11.8 Å². The molecule has 2 aromatic rings. The third-order valence-corrected chi connectivity index (χ3v) is 2.89. The summed E-state index contributed by atoms with van der Waals surface area (Å²) in [5.41, 5.74) is 0.344. The molecule has 2 rings (SSSR count). The Hall–Kier alpha value is -2.66. The number of carboxylic acid groups (broad SMARTS) is 1. The van der Waals surface area contributed by atoms with Gasteiger partial charge >= 0.3 is 5.97 Å². The summed E-state index contributed by atoms with van der Waals surface area (Å²) in [6.07, 6.45) is 0. The molecule has 2 aromatic carbocycles. The fraction of sp³-hybridized carbons (Fsp3) is 0.0667. The van der Waals surface area contributed by atoms with Crippen molar-refractivity contribution in [1.82, 2.24) is 0 Å². The van der Waals surface area contributed by atoms with E-state index in [9.17, 15) is 14.7 Å². The number of hydrogen-bond acceptors (Lipinski definition) is 4. The van der Waals surface area contributed by atoms with Crippen LogP contribution in [-0.2, 0) is 6.61 Å². The highest BCUT2D eigenvalue weighted by Gasteiger charge is 2.19. The zero-order valence-electron chi connectivity index (χ0n) is 10.4. The number of phenolic OH excluding ortho intramolecular Hbond substituents is 1. The molecule has 0 aliphatic rings. The van der Waals surface area contributed by atoms with Gasteiger partial charge in [0.2, 0.25) is 0 Å². The molecule has 0 atom stereocenters. The number of aromatic hydroxyl groups is 1. The minimum absolute atomic E-state index is 0.00380. The fourth-order valence-corrected chi connectivity index (χ4v) is 1.88. The molecule has 5 heteroatoms. The number of ketones is 1. The zero-order chi connectivity index (χ0) is 14.7. The molecule has 0 unspecified atom stereocenters. The number of aliphatic hydroxyl groups excluding tert-OH is 1. The summed E-state index contributed by atoms with van der Waals surface area (Å²) >= 11 is 0. The molecule has 0 bridgehead atoms. The molecule has 0 amide bonds. The molecule has 0 aromatic heterocycles. The van der Waals surface area contributed by atoms with E-state index in [1.54, 1.807) is 6.07 Å². The van der Waals surface area contributed by atoms with Crippen LogP contribution in [0.25, 0.3) is 0 Å². The number of hydrogen-bond donors (Lipinski definition) is 3. The van der Waals surface area contributed by atoms with E-state index in [0.29, 0.717) is 5.56 Å². The van der Waals surface area contributed by atoms with Crippen LogP contribution in [0.5, 0.6) is 5.75 Å². The Balaban J connectivity index is 2.49. The van der Waals surface area contributed by atoms with Gasteiger partial charge in [0.25, 0.3) is 0 Å². The van der Waals surface area contributed by atoms with Crippen molar-refractivity contribution in [2.45, 2.75) is 6.61 Å². The maximum atomic E-state index is 12.3. The summed E-state index contributed by atoms with van der Waals surface area (Å²) in [6.45, 7) is -0.256. The van der Waals surface area contributed by atoms with Crippen molar-refractivity contribution < 1.29 is 24.9 Å². The molecule has 20 heavy (non-hydrogen) atoms. The van der Waals surface area contributed by atoms with E-state index in [1.165, 1.54) is 36.4 Å². The van der Waals surface area contributed by atoms with E-state index in [-0.39, 0.29) is 29.0 Å². The van der Waals surface area contributed by atoms with Gasteiger partial charge in [0, 0.05) is 5.56 Å². The lowest BCUT2D eigenvalue weighted by atomic mass is 9.97. The quantitative estimate of drug-likeness (QED) is 0.738. The first-order chi connectivity index (χ1) is 9.54. The van der Waals surface area contributed by atoms with Crippen LogP contribution in [0, 0.1) is 0 Å². The topological polar surface area (TPSA) is 94.8 Å². The lowest BCUT2D eigenvalue weighted by molar-refractivity contribution is 0.0692. The largest absolute Gasteiger partial charge is 0.507 e. The van der Waals surface area contributed by atoms with Gasteiger partial charge in [0.05, 0.1) is 17.7 Å². The number of rotatable bonds is 4. The number of aliphatic hydroxyl groups is 1. The maximum Gasteiger partial charge on any atom is 0.336 e. The van der Waals surface area contributed by atoms with Crippen molar-refractivity contribution in [1.29, 1.82) is 0 Å². The van der Waals surface area contributed by atoms with Gasteiger partial charge in [-0.1, -0.05) is 24.3 Å². The minimum atomic E-state index is -1.21. The molecule has 0 saturated heterocycles. The van der Waals surface area contributed by atoms with Crippen LogP contribution in [0.15, 0.2) is 42.5 Å². The third-order valence-electron chi connectivity index (χ3n) is 2.89. The Labute approximate surface area is 114 Å². The third kappa shape index (κ3) is 2.53. The maximum absolute atomic E-state index is 12.3. The second-order valence-electron chi connectivity index (χ2n) is 4.19. The van der Waals surface area contributed by atoms with Crippen molar-refractivity contribution in [3.05, 3.63) is 64.7 Å². The van der Waals surface area contributed by atoms with Gasteiger partial charge in [0.1, 0.15) is 5.75 Å². The van der Waals surface area contributed by atoms with Gasteiger partial charge in [0.15, 0.2) is 5.78 Å². The second-order valence-corrected chi connectivity index (χ2v) is 4.19. The van der Waals surface area contributed by atoms with E-state index >= 15 is 0 Å². The minimum Gasteiger partial charge on any atom is -0.507 e. The van der Waals surface area contributed by atoms with Gasteiger partial charge in [-0.3, -0.25) is 4.79 Å². The molecule has 102 valence electrons. The van der Waals surface area contributed by atoms with Crippen LogP contribution < -0.4 is 0 Å². The number of benzene rings is 2. The Bertz CT molecular complexity index is 676. The van der Waals surface area contributed by atoms with Crippen LogP contribution in [-0.4, -0.2) is 27.1 Å². The Morgan fingerprint density at radius 3 is 2.15 bits per heavy atom. The van der Waals surface area contributed by atoms with E-state index in [0.717, 1.165) is 0 Å². The fourth-order valence-electron chi connectivity index (χ4n) is 1.88. The predicted octanol–water partition coefficient (Wildman–Crippen LogP) is 1.81. The molecule has 0 radical (unpaired) electrons. The number of carbonyl (C=O) groups is 2. The highest BCUT2D eigenvalue weighted by Crippen LogP contribution is 2.23. The molecular weight excluding hydrogens is 260 g/mol. The summed E-state index contributed by atoms with van der Waals surface area (Å²) in [4.78, 5) is 23.4. The molecule has 0 aliphatic carbocycles. The molecular formula is C15H12O5. The van der Waals surface area contributed by atoms with Gasteiger partial charge in [-0.15, -0.1) is 0 Å². The highest BCUT2D eigenvalue weighted by atomic mass is 16.4. The Kier molecular flexibility index (Phi) is 3.81. The van der Waals surface area contributed by atoms with Crippen molar-refractivity contribution in [2.24, 2.45) is 0 Å². The molecule has 0 fully saturated rings. The average Bonchev–Trinajstić information content (AvgIpc) is 2.46. The first kappa shape index (κ1) is 13.8. The normalized spacial score (nSPS) is 10.2. The number of carbonyl (C=O) groups excluding carboxylic acids is 1. The van der Waals surface area contributed by atoms with Crippen LogP contribution >= 0.6 is 0 Å². The zero-order valence-corrected chi connectivity index (χ0v) is 10.4. The molecule has 0 aliphatic heterocycles. The second kappa shape index (κ2) is 5.54. The monoisotopic (exact) mass is 272 g/mol. The Morgan fingerprint density at radius 2 is 1.60 bits per heavy atom. The van der Waals surface area contributed by atoms with Crippen molar-refractivity contribution in [3.63, 3.8) is 0 Å². The molecule has 0 heterocycles. The standard InChI is InChI=1S/C15H12O5/c16-8-9-5-6-12(13(17)7-9)14(18)10-3-1-2-4-11(10)15(19)20/h1-7,16-17H,8H2,(H,19,20). The van der Waals surface area contributed by atoms with E-state index in [4.69, 9.17) is 10.2 Å². The molecule has 0 spiro atoms. The molecule has 5 nitrogen and oxygen atoms in total. The summed E-state index contributed by atoms with van der Waals surface area (Å²) in [6, 6.07) is 9.93. The first-order valence-electron chi connectivity index (χ1n) is 5.84. The lowest BCUT2D eigenvalue weighted by Crippen LogP contribution is -2.09. The smallest absolute Gasteiger partial charge is 0.336 e. The van der Waals surface area contributed by atoms with Crippen LogP contribution in [0.2, 0.25) is 0 Å². The first-order valence-corrected chi connectivity index (χ1v) is 5.84. The van der Waals surface area contributed by atoms with Crippen molar-refractivity contribution in [2.75, 3.05) is 0 Å². The van der Waals surface area contributed by atoms with Gasteiger partial charge < -0.3 is 15.3 Å². The van der Waals surface area contributed by atoms with Crippen molar-refractivity contribution in [3.8, 4) is 5.75 Å². The van der Waals surface area contributed by atoms with E-state index in [2.05, 4.69) is 0 Å².